The van der Waals surface area contributed by atoms with Crippen molar-refractivity contribution in [2.45, 2.75) is 39.9 Å². The number of oxime groups is 1. The summed E-state index contributed by atoms with van der Waals surface area (Å²) >= 11 is 11.2. The van der Waals surface area contributed by atoms with E-state index in [4.69, 9.17) is 33.4 Å². The van der Waals surface area contributed by atoms with Gasteiger partial charge in [0.1, 0.15) is 6.10 Å². The predicted molar refractivity (Wildman–Crippen MR) is 87.7 cm³/mol. The van der Waals surface area contributed by atoms with E-state index in [0.717, 1.165) is 11.3 Å². The largest absolute Gasteiger partial charge is 0.468 e. The second-order valence-corrected chi connectivity index (χ2v) is 5.48. The van der Waals surface area contributed by atoms with E-state index in [9.17, 15) is 0 Å². The zero-order valence-corrected chi connectivity index (χ0v) is 13.6. The molecule has 110 valence electrons. The molecule has 0 unspecified atom stereocenters. The van der Waals surface area contributed by atoms with Gasteiger partial charge in [0.05, 0.1) is 12.3 Å². The van der Waals surface area contributed by atoms with Crippen molar-refractivity contribution < 1.29 is 9.57 Å². The van der Waals surface area contributed by atoms with Crippen LogP contribution in [-0.4, -0.2) is 23.6 Å². The third-order valence-corrected chi connectivity index (χ3v) is 2.59. The highest BCUT2D eigenvalue weighted by molar-refractivity contribution is 7.80. The molecule has 0 atom stereocenters. The lowest BCUT2D eigenvalue weighted by Crippen LogP contribution is -2.17. The Hall–Kier alpha value is -1.33. The number of halogens is 1. The van der Waals surface area contributed by atoms with Gasteiger partial charge in [-0.1, -0.05) is 16.8 Å². The van der Waals surface area contributed by atoms with E-state index in [1.807, 2.05) is 39.8 Å². The molecule has 6 heteroatoms. The SMILES string of the molecule is CC(C)O/N=C\c1cc(NC(=S)OC(C)C)ccc1Cl. The number of hydrogen-bond donors (Lipinski definition) is 1. The summed E-state index contributed by atoms with van der Waals surface area (Å²) in [4.78, 5) is 5.11. The highest BCUT2D eigenvalue weighted by atomic mass is 35.5. The second-order valence-electron chi connectivity index (χ2n) is 4.70. The van der Waals surface area contributed by atoms with E-state index in [-0.39, 0.29) is 12.2 Å². The first-order valence-electron chi connectivity index (χ1n) is 6.35. The van der Waals surface area contributed by atoms with Gasteiger partial charge in [0, 0.05) is 16.3 Å². The van der Waals surface area contributed by atoms with Gasteiger partial charge in [0.25, 0.3) is 5.17 Å². The molecule has 0 aliphatic rings. The quantitative estimate of drug-likeness (QED) is 0.502. The fraction of sp³-hybridized carbons (Fsp3) is 0.429. The molecule has 1 rings (SSSR count). The van der Waals surface area contributed by atoms with Gasteiger partial charge in [-0.2, -0.15) is 0 Å². The summed E-state index contributed by atoms with van der Waals surface area (Å²) < 4.78 is 5.37. The molecule has 0 amide bonds. The fourth-order valence-corrected chi connectivity index (χ4v) is 1.77. The monoisotopic (exact) mass is 314 g/mol. The number of nitrogens with one attached hydrogen (secondary N) is 1. The topological polar surface area (TPSA) is 42.8 Å². The van der Waals surface area contributed by atoms with E-state index in [2.05, 4.69) is 10.5 Å². The molecule has 1 aromatic rings. The van der Waals surface area contributed by atoms with Gasteiger partial charge in [-0.05, 0) is 58.1 Å². The number of ether oxygens (including phenoxy) is 1. The Labute approximate surface area is 130 Å². The molecule has 1 N–H and O–H groups in total. The molecular weight excluding hydrogens is 296 g/mol. The van der Waals surface area contributed by atoms with Gasteiger partial charge in [-0.3, -0.25) is 0 Å². The van der Waals surface area contributed by atoms with Crippen molar-refractivity contribution in [1.29, 1.82) is 0 Å². The minimum atomic E-state index is 0.0263. The second kappa shape index (κ2) is 8.07. The highest BCUT2D eigenvalue weighted by Crippen LogP contribution is 2.19. The zero-order chi connectivity index (χ0) is 15.1. The van der Waals surface area contributed by atoms with E-state index in [1.165, 1.54) is 0 Å². The fourth-order valence-electron chi connectivity index (χ4n) is 1.29. The van der Waals surface area contributed by atoms with Crippen molar-refractivity contribution in [3.8, 4) is 0 Å². The molecule has 0 fully saturated rings. The van der Waals surface area contributed by atoms with Gasteiger partial charge < -0.3 is 14.9 Å². The van der Waals surface area contributed by atoms with Crippen LogP contribution in [0, 0.1) is 0 Å². The number of hydrogen-bond acceptors (Lipinski definition) is 4. The molecule has 0 aromatic heterocycles. The summed E-state index contributed by atoms with van der Waals surface area (Å²) in [5.41, 5.74) is 1.52. The van der Waals surface area contributed by atoms with Crippen LogP contribution in [0.4, 0.5) is 5.69 Å². The summed E-state index contributed by atoms with van der Waals surface area (Å²) in [5.74, 6) is 0. The Kier molecular flexibility index (Phi) is 6.75. The molecule has 0 aliphatic carbocycles. The molecule has 1 aromatic carbocycles. The normalized spacial score (nSPS) is 11.2. The van der Waals surface area contributed by atoms with Crippen molar-refractivity contribution in [3.63, 3.8) is 0 Å². The zero-order valence-electron chi connectivity index (χ0n) is 12.0. The van der Waals surface area contributed by atoms with Crippen LogP contribution in [0.25, 0.3) is 0 Å². The standard InChI is InChI=1S/C14H19ClN2O2S/c1-9(2)18-14(20)17-12-5-6-13(15)11(7-12)8-16-19-10(3)4/h5-10H,1-4H3,(H,17,20)/b16-8-. The van der Waals surface area contributed by atoms with Crippen LogP contribution < -0.4 is 5.32 Å². The molecule has 4 nitrogen and oxygen atoms in total. The first-order valence-corrected chi connectivity index (χ1v) is 7.13. The van der Waals surface area contributed by atoms with Crippen molar-refractivity contribution in [2.75, 3.05) is 5.32 Å². The number of thiocarbonyl (C=S) groups is 1. The molecule has 0 heterocycles. The predicted octanol–water partition coefficient (Wildman–Crippen LogP) is 4.22. The molecule has 0 spiro atoms. The van der Waals surface area contributed by atoms with Crippen LogP contribution in [0.1, 0.15) is 33.3 Å². The molecule has 0 radical (unpaired) electrons. The van der Waals surface area contributed by atoms with Gasteiger partial charge in [-0.25, -0.2) is 0 Å². The first kappa shape index (κ1) is 16.7. The average Bonchev–Trinajstić information content (AvgIpc) is 2.31. The third kappa shape index (κ3) is 6.21. The van der Waals surface area contributed by atoms with E-state index in [0.29, 0.717) is 10.2 Å². The average molecular weight is 315 g/mol. The maximum atomic E-state index is 6.09. The van der Waals surface area contributed by atoms with Gasteiger partial charge in [-0.15, -0.1) is 0 Å². The number of nitrogens with zero attached hydrogens (tertiary/aromatic N) is 1. The number of benzene rings is 1. The summed E-state index contributed by atoms with van der Waals surface area (Å²) in [5, 5.41) is 7.77. The van der Waals surface area contributed by atoms with Crippen LogP contribution in [0.2, 0.25) is 5.02 Å². The Balaban J connectivity index is 2.75. The summed E-state index contributed by atoms with van der Waals surface area (Å²) in [6.45, 7) is 7.63. The Morgan fingerprint density at radius 1 is 1.30 bits per heavy atom. The van der Waals surface area contributed by atoms with E-state index >= 15 is 0 Å². The maximum absolute atomic E-state index is 6.09. The van der Waals surface area contributed by atoms with Crippen LogP contribution in [0.15, 0.2) is 23.4 Å². The van der Waals surface area contributed by atoms with Crippen LogP contribution in [0.3, 0.4) is 0 Å². The van der Waals surface area contributed by atoms with E-state index < -0.39 is 0 Å². The minimum absolute atomic E-state index is 0.0263. The van der Waals surface area contributed by atoms with Crippen molar-refractivity contribution in [3.05, 3.63) is 28.8 Å². The molecule has 0 saturated heterocycles. The summed E-state index contributed by atoms with van der Waals surface area (Å²) in [7, 11) is 0. The third-order valence-electron chi connectivity index (χ3n) is 2.05. The van der Waals surface area contributed by atoms with E-state index in [1.54, 1.807) is 12.3 Å². The Bertz CT molecular complexity index is 490. The Morgan fingerprint density at radius 3 is 2.60 bits per heavy atom. The number of rotatable bonds is 5. The Morgan fingerprint density at radius 2 is 2.00 bits per heavy atom. The molecule has 0 bridgehead atoms. The van der Waals surface area contributed by atoms with Crippen LogP contribution in [0.5, 0.6) is 0 Å². The van der Waals surface area contributed by atoms with Crippen molar-refractivity contribution in [2.24, 2.45) is 5.16 Å². The van der Waals surface area contributed by atoms with Gasteiger partial charge in [0.2, 0.25) is 0 Å². The van der Waals surface area contributed by atoms with Gasteiger partial charge in [0.15, 0.2) is 0 Å². The van der Waals surface area contributed by atoms with Crippen molar-refractivity contribution >= 4 is 40.9 Å². The summed E-state index contributed by atoms with van der Waals surface area (Å²) in [6.07, 6.45) is 1.63. The lowest BCUT2D eigenvalue weighted by atomic mass is 10.2. The first-order chi connectivity index (χ1) is 9.38. The lowest BCUT2D eigenvalue weighted by Gasteiger charge is -2.13. The van der Waals surface area contributed by atoms with Crippen molar-refractivity contribution in [1.82, 2.24) is 0 Å². The maximum Gasteiger partial charge on any atom is 0.261 e. The minimum Gasteiger partial charge on any atom is -0.468 e. The molecule has 0 saturated carbocycles. The number of anilines is 1. The molecular formula is C14H19ClN2O2S. The molecule has 20 heavy (non-hydrogen) atoms. The smallest absolute Gasteiger partial charge is 0.261 e. The molecule has 0 aliphatic heterocycles. The highest BCUT2D eigenvalue weighted by Gasteiger charge is 2.04. The van der Waals surface area contributed by atoms with Crippen LogP contribution in [-0.2, 0) is 9.57 Å². The van der Waals surface area contributed by atoms with Gasteiger partial charge >= 0.3 is 0 Å². The lowest BCUT2D eigenvalue weighted by molar-refractivity contribution is 0.0874. The summed E-state index contributed by atoms with van der Waals surface area (Å²) in [6, 6.07) is 5.41. The van der Waals surface area contributed by atoms with Crippen LogP contribution >= 0.6 is 23.8 Å².